The molecule has 3 aromatic rings. The van der Waals surface area contributed by atoms with Crippen LogP contribution >= 0.6 is 0 Å². The zero-order valence-electron chi connectivity index (χ0n) is 15.7. The van der Waals surface area contributed by atoms with Crippen LogP contribution in [0.25, 0.3) is 11.3 Å². The van der Waals surface area contributed by atoms with Crippen molar-refractivity contribution in [2.75, 3.05) is 23.3 Å². The van der Waals surface area contributed by atoms with Gasteiger partial charge in [-0.2, -0.15) is 0 Å². The van der Waals surface area contributed by atoms with E-state index in [-0.39, 0.29) is 5.91 Å². The lowest BCUT2D eigenvalue weighted by molar-refractivity contribution is 0.102. The number of pyridine rings is 1. The maximum absolute atomic E-state index is 12.3. The Morgan fingerprint density at radius 1 is 0.893 bits per heavy atom. The van der Waals surface area contributed by atoms with Crippen molar-refractivity contribution < 1.29 is 4.79 Å². The van der Waals surface area contributed by atoms with E-state index >= 15 is 0 Å². The molecule has 28 heavy (non-hydrogen) atoms. The fraction of sp³-hybridized carbons (Fsp3) is 0.273. The lowest BCUT2D eigenvalue weighted by atomic mass is 10.1. The SMILES string of the molecule is O=C(Nc1cccc(-c2ccc(N3CCCCCC3)nn2)c1)c1ccncc1. The van der Waals surface area contributed by atoms with Crippen molar-refractivity contribution in [3.63, 3.8) is 0 Å². The molecule has 3 heterocycles. The van der Waals surface area contributed by atoms with Crippen LogP contribution in [0.1, 0.15) is 36.0 Å². The highest BCUT2D eigenvalue weighted by Crippen LogP contribution is 2.23. The number of carbonyl (C=O) groups is 1. The maximum Gasteiger partial charge on any atom is 0.255 e. The highest BCUT2D eigenvalue weighted by atomic mass is 16.1. The third-order valence-electron chi connectivity index (χ3n) is 4.94. The molecule has 6 heteroatoms. The predicted molar refractivity (Wildman–Crippen MR) is 110 cm³/mol. The van der Waals surface area contributed by atoms with Gasteiger partial charge in [0.05, 0.1) is 5.69 Å². The summed E-state index contributed by atoms with van der Waals surface area (Å²) in [7, 11) is 0. The zero-order valence-corrected chi connectivity index (χ0v) is 15.7. The van der Waals surface area contributed by atoms with Gasteiger partial charge in [-0.05, 0) is 49.2 Å². The van der Waals surface area contributed by atoms with Gasteiger partial charge in [-0.15, -0.1) is 10.2 Å². The summed E-state index contributed by atoms with van der Waals surface area (Å²) in [6.45, 7) is 2.09. The van der Waals surface area contributed by atoms with Crippen molar-refractivity contribution >= 4 is 17.4 Å². The molecule has 0 bridgehead atoms. The van der Waals surface area contributed by atoms with Crippen molar-refractivity contribution in [2.24, 2.45) is 0 Å². The van der Waals surface area contributed by atoms with Gasteiger partial charge in [0, 0.05) is 42.3 Å². The molecule has 1 aromatic carbocycles. The van der Waals surface area contributed by atoms with Gasteiger partial charge in [0.2, 0.25) is 0 Å². The maximum atomic E-state index is 12.3. The van der Waals surface area contributed by atoms with E-state index < -0.39 is 0 Å². The fourth-order valence-corrected chi connectivity index (χ4v) is 3.41. The Kier molecular flexibility index (Phi) is 5.56. The third-order valence-corrected chi connectivity index (χ3v) is 4.94. The summed E-state index contributed by atoms with van der Waals surface area (Å²) in [6.07, 6.45) is 8.21. The van der Waals surface area contributed by atoms with Gasteiger partial charge in [0.25, 0.3) is 5.91 Å². The highest BCUT2D eigenvalue weighted by Gasteiger charge is 2.12. The molecule has 1 amide bonds. The Morgan fingerprint density at radius 3 is 2.39 bits per heavy atom. The van der Waals surface area contributed by atoms with E-state index in [1.807, 2.05) is 36.4 Å². The molecule has 0 spiro atoms. The Bertz CT molecular complexity index is 919. The van der Waals surface area contributed by atoms with Gasteiger partial charge in [0.15, 0.2) is 5.82 Å². The summed E-state index contributed by atoms with van der Waals surface area (Å²) in [5.41, 5.74) is 3.00. The second-order valence-corrected chi connectivity index (χ2v) is 6.95. The summed E-state index contributed by atoms with van der Waals surface area (Å²) in [5, 5.41) is 11.8. The first kappa shape index (κ1) is 18.1. The lowest BCUT2D eigenvalue weighted by Crippen LogP contribution is -2.25. The number of anilines is 2. The third kappa shape index (κ3) is 4.34. The average Bonchev–Trinajstić information content (AvgIpc) is 3.04. The van der Waals surface area contributed by atoms with E-state index in [0.29, 0.717) is 5.56 Å². The Hall–Kier alpha value is -3.28. The zero-order chi connectivity index (χ0) is 19.2. The number of benzene rings is 1. The normalized spacial score (nSPS) is 14.4. The van der Waals surface area contributed by atoms with Crippen LogP contribution < -0.4 is 10.2 Å². The summed E-state index contributed by atoms with van der Waals surface area (Å²) >= 11 is 0. The largest absolute Gasteiger partial charge is 0.355 e. The minimum atomic E-state index is -0.165. The Balaban J connectivity index is 1.48. The lowest BCUT2D eigenvalue weighted by Gasteiger charge is -2.20. The molecule has 0 saturated carbocycles. The molecule has 0 unspecified atom stereocenters. The number of hydrogen-bond donors (Lipinski definition) is 1. The molecule has 1 N–H and O–H groups in total. The topological polar surface area (TPSA) is 71.0 Å². The fourth-order valence-electron chi connectivity index (χ4n) is 3.41. The van der Waals surface area contributed by atoms with Gasteiger partial charge in [-0.3, -0.25) is 9.78 Å². The molecule has 142 valence electrons. The second kappa shape index (κ2) is 8.61. The number of nitrogens with zero attached hydrogens (tertiary/aromatic N) is 4. The molecule has 1 fully saturated rings. The standard InChI is InChI=1S/C22H23N5O/c28-22(17-10-12-23-13-11-17)24-19-7-5-6-18(16-19)20-8-9-21(26-25-20)27-14-3-1-2-4-15-27/h5-13,16H,1-4,14-15H2,(H,24,28). The van der Waals surface area contributed by atoms with Gasteiger partial charge >= 0.3 is 0 Å². The second-order valence-electron chi connectivity index (χ2n) is 6.95. The van der Waals surface area contributed by atoms with E-state index in [0.717, 1.165) is 35.9 Å². The quantitative estimate of drug-likeness (QED) is 0.743. The molecule has 0 aliphatic carbocycles. The van der Waals surface area contributed by atoms with Crippen LogP contribution in [0.15, 0.2) is 60.9 Å². The monoisotopic (exact) mass is 373 g/mol. The minimum absolute atomic E-state index is 0.165. The number of hydrogen-bond acceptors (Lipinski definition) is 5. The summed E-state index contributed by atoms with van der Waals surface area (Å²) < 4.78 is 0. The van der Waals surface area contributed by atoms with Crippen LogP contribution in [0.5, 0.6) is 0 Å². The Labute approximate surface area is 164 Å². The molecular formula is C22H23N5O. The van der Waals surface area contributed by atoms with Crippen LogP contribution in [0.3, 0.4) is 0 Å². The first-order chi connectivity index (χ1) is 13.8. The van der Waals surface area contributed by atoms with Gasteiger partial charge < -0.3 is 10.2 Å². The number of carbonyl (C=O) groups excluding carboxylic acids is 1. The smallest absolute Gasteiger partial charge is 0.255 e. The molecule has 4 rings (SSSR count). The van der Waals surface area contributed by atoms with Crippen molar-refractivity contribution in [3.05, 3.63) is 66.5 Å². The van der Waals surface area contributed by atoms with E-state index in [9.17, 15) is 4.79 Å². The number of nitrogens with one attached hydrogen (secondary N) is 1. The molecule has 6 nitrogen and oxygen atoms in total. The minimum Gasteiger partial charge on any atom is -0.355 e. The van der Waals surface area contributed by atoms with Crippen LogP contribution in [0, 0.1) is 0 Å². The van der Waals surface area contributed by atoms with Gasteiger partial charge in [-0.1, -0.05) is 25.0 Å². The highest BCUT2D eigenvalue weighted by molar-refractivity contribution is 6.04. The van der Waals surface area contributed by atoms with Crippen LogP contribution in [-0.2, 0) is 0 Å². The van der Waals surface area contributed by atoms with Crippen LogP contribution in [0.2, 0.25) is 0 Å². The van der Waals surface area contributed by atoms with E-state index in [1.165, 1.54) is 25.7 Å². The van der Waals surface area contributed by atoms with E-state index in [4.69, 9.17) is 0 Å². The number of amides is 1. The summed E-state index contributed by atoms with van der Waals surface area (Å²) in [4.78, 5) is 18.6. The van der Waals surface area contributed by atoms with Crippen LogP contribution in [-0.4, -0.2) is 34.2 Å². The van der Waals surface area contributed by atoms with Crippen LogP contribution in [0.4, 0.5) is 11.5 Å². The van der Waals surface area contributed by atoms with Crippen molar-refractivity contribution in [3.8, 4) is 11.3 Å². The molecular weight excluding hydrogens is 350 g/mol. The van der Waals surface area contributed by atoms with Crippen molar-refractivity contribution in [1.82, 2.24) is 15.2 Å². The Morgan fingerprint density at radius 2 is 1.68 bits per heavy atom. The number of aromatic nitrogens is 3. The van der Waals surface area contributed by atoms with E-state index in [2.05, 4.69) is 25.4 Å². The molecule has 1 saturated heterocycles. The predicted octanol–water partition coefficient (Wildman–Crippen LogP) is 4.17. The van der Waals surface area contributed by atoms with Crippen molar-refractivity contribution in [2.45, 2.75) is 25.7 Å². The summed E-state index contributed by atoms with van der Waals surface area (Å²) in [6, 6.07) is 15.1. The molecule has 1 aliphatic rings. The number of rotatable bonds is 4. The first-order valence-corrected chi connectivity index (χ1v) is 9.70. The van der Waals surface area contributed by atoms with Gasteiger partial charge in [0.1, 0.15) is 0 Å². The molecule has 1 aliphatic heterocycles. The molecule has 0 radical (unpaired) electrons. The van der Waals surface area contributed by atoms with Gasteiger partial charge in [-0.25, -0.2) is 0 Å². The molecule has 2 aromatic heterocycles. The average molecular weight is 373 g/mol. The van der Waals surface area contributed by atoms with Crippen molar-refractivity contribution in [1.29, 1.82) is 0 Å². The molecule has 0 atom stereocenters. The van der Waals surface area contributed by atoms with E-state index in [1.54, 1.807) is 24.5 Å². The summed E-state index contributed by atoms with van der Waals surface area (Å²) in [5.74, 6) is 0.773. The first-order valence-electron chi connectivity index (χ1n) is 9.70.